The highest BCUT2D eigenvalue weighted by molar-refractivity contribution is 7.87. The highest BCUT2D eigenvalue weighted by Crippen LogP contribution is 2.40. The minimum Gasteiger partial charge on any atom is -0.485 e. The summed E-state index contributed by atoms with van der Waals surface area (Å²) in [7, 11) is -0.969. The van der Waals surface area contributed by atoms with Crippen LogP contribution >= 0.6 is 0 Å². The number of aliphatic hydroxyl groups excluding tert-OH is 1. The normalized spacial score (nSPS) is 23.5. The van der Waals surface area contributed by atoms with Gasteiger partial charge in [0.05, 0.1) is 17.7 Å². The van der Waals surface area contributed by atoms with Crippen LogP contribution in [0.1, 0.15) is 31.0 Å². The molecule has 0 saturated carbocycles. The number of ether oxygens (including phenoxy) is 1. The van der Waals surface area contributed by atoms with Gasteiger partial charge in [-0.1, -0.05) is 0 Å². The zero-order valence-electron chi connectivity index (χ0n) is 12.9. The van der Waals surface area contributed by atoms with Gasteiger partial charge in [0.2, 0.25) is 0 Å². The lowest BCUT2D eigenvalue weighted by Crippen LogP contribution is -2.54. The molecule has 0 bridgehead atoms. The van der Waals surface area contributed by atoms with E-state index < -0.39 is 28.0 Å². The second-order valence-electron chi connectivity index (χ2n) is 5.90. The molecular weight excluding hydrogens is 306 g/mol. The van der Waals surface area contributed by atoms with E-state index in [0.29, 0.717) is 16.9 Å². The minimum atomic E-state index is -3.76. The van der Waals surface area contributed by atoms with Gasteiger partial charge in [0, 0.05) is 19.7 Å². The number of nitriles is 1. The third-order valence-corrected chi connectivity index (χ3v) is 5.14. The first kappa shape index (κ1) is 16.7. The summed E-state index contributed by atoms with van der Waals surface area (Å²) in [5, 5.41) is 19.5. The van der Waals surface area contributed by atoms with Crippen molar-refractivity contribution in [2.75, 3.05) is 14.1 Å². The van der Waals surface area contributed by atoms with Gasteiger partial charge >= 0.3 is 0 Å². The Bertz CT molecular complexity index is 722. The number of aliphatic hydroxyl groups is 1. The van der Waals surface area contributed by atoms with Gasteiger partial charge in [-0.25, -0.2) is 0 Å². The van der Waals surface area contributed by atoms with Gasteiger partial charge in [0.25, 0.3) is 10.2 Å². The van der Waals surface area contributed by atoms with Crippen molar-refractivity contribution in [1.29, 1.82) is 5.26 Å². The molecule has 1 aromatic rings. The molecule has 1 heterocycles. The molecule has 8 heteroatoms. The van der Waals surface area contributed by atoms with Crippen molar-refractivity contribution < 1.29 is 18.3 Å². The molecule has 0 aromatic heterocycles. The Balaban J connectivity index is 2.54. The topological polar surface area (TPSA) is 103 Å². The first-order chi connectivity index (χ1) is 10.1. The lowest BCUT2D eigenvalue weighted by Gasteiger charge is -2.42. The van der Waals surface area contributed by atoms with E-state index in [1.165, 1.54) is 20.2 Å². The van der Waals surface area contributed by atoms with Crippen LogP contribution in [0.15, 0.2) is 18.2 Å². The van der Waals surface area contributed by atoms with E-state index in [2.05, 4.69) is 4.72 Å². The Morgan fingerprint density at radius 2 is 2.05 bits per heavy atom. The van der Waals surface area contributed by atoms with E-state index in [1.54, 1.807) is 26.0 Å². The monoisotopic (exact) mass is 325 g/mol. The maximum absolute atomic E-state index is 12.1. The average molecular weight is 325 g/mol. The van der Waals surface area contributed by atoms with Crippen molar-refractivity contribution in [2.24, 2.45) is 0 Å². The van der Waals surface area contributed by atoms with Gasteiger partial charge < -0.3 is 9.84 Å². The Morgan fingerprint density at radius 1 is 1.41 bits per heavy atom. The van der Waals surface area contributed by atoms with Crippen LogP contribution in [0.5, 0.6) is 5.75 Å². The summed E-state index contributed by atoms with van der Waals surface area (Å²) < 4.78 is 33.5. The van der Waals surface area contributed by atoms with E-state index in [-0.39, 0.29) is 0 Å². The van der Waals surface area contributed by atoms with Crippen molar-refractivity contribution >= 4 is 10.2 Å². The number of nitrogens with zero attached hydrogens (tertiary/aromatic N) is 2. The number of benzene rings is 1. The van der Waals surface area contributed by atoms with Crippen molar-refractivity contribution in [2.45, 2.75) is 31.6 Å². The molecule has 1 aromatic carbocycles. The van der Waals surface area contributed by atoms with Crippen LogP contribution in [0.3, 0.4) is 0 Å². The molecule has 0 spiro atoms. The zero-order valence-corrected chi connectivity index (χ0v) is 13.7. The van der Waals surface area contributed by atoms with E-state index >= 15 is 0 Å². The van der Waals surface area contributed by atoms with Gasteiger partial charge in [-0.15, -0.1) is 0 Å². The molecule has 0 radical (unpaired) electrons. The number of hydrogen-bond donors (Lipinski definition) is 2. The lowest BCUT2D eigenvalue weighted by atomic mass is 9.86. The van der Waals surface area contributed by atoms with E-state index in [1.807, 2.05) is 6.07 Å². The first-order valence-electron chi connectivity index (χ1n) is 6.69. The molecule has 0 saturated heterocycles. The summed E-state index contributed by atoms with van der Waals surface area (Å²) in [6.45, 7) is 3.35. The SMILES string of the molecule is CN(C)S(=O)(=O)N[C@H]1c2cc(C#N)ccc2OC(C)(C)[C@@H]1O. The number of fused-ring (bicyclic) bond motifs is 1. The molecule has 120 valence electrons. The number of nitrogens with one attached hydrogen (secondary N) is 1. The van der Waals surface area contributed by atoms with E-state index in [0.717, 1.165) is 4.31 Å². The third-order valence-electron chi connectivity index (χ3n) is 3.63. The Morgan fingerprint density at radius 3 is 2.59 bits per heavy atom. The standard InChI is InChI=1S/C14H19N3O4S/c1-14(2)13(18)12(16-22(19,20)17(3)4)10-7-9(8-15)5-6-11(10)21-14/h5-7,12-13,16,18H,1-4H3/t12-,13+/m0/s1. The molecule has 1 aliphatic rings. The van der Waals surface area contributed by atoms with Gasteiger partial charge in [-0.05, 0) is 32.0 Å². The molecule has 2 atom stereocenters. The van der Waals surface area contributed by atoms with Crippen LogP contribution in [0.25, 0.3) is 0 Å². The summed E-state index contributed by atoms with van der Waals surface area (Å²) in [6.07, 6.45) is -1.11. The molecule has 2 rings (SSSR count). The van der Waals surface area contributed by atoms with Crippen LogP contribution in [0, 0.1) is 11.3 Å². The van der Waals surface area contributed by atoms with E-state index in [4.69, 9.17) is 10.00 Å². The molecule has 0 unspecified atom stereocenters. The van der Waals surface area contributed by atoms with Gasteiger partial charge in [0.1, 0.15) is 17.5 Å². The number of rotatable bonds is 3. The zero-order chi connectivity index (χ0) is 16.7. The molecule has 1 aliphatic heterocycles. The minimum absolute atomic E-state index is 0.364. The van der Waals surface area contributed by atoms with Gasteiger partial charge in [0.15, 0.2) is 0 Å². The van der Waals surface area contributed by atoms with E-state index in [9.17, 15) is 13.5 Å². The second kappa shape index (κ2) is 5.52. The predicted molar refractivity (Wildman–Crippen MR) is 80.4 cm³/mol. The van der Waals surface area contributed by atoms with Gasteiger partial charge in [-0.3, -0.25) is 0 Å². The van der Waals surface area contributed by atoms with Crippen LogP contribution < -0.4 is 9.46 Å². The maximum atomic E-state index is 12.1. The van der Waals surface area contributed by atoms with Crippen LogP contribution in [-0.4, -0.2) is 43.6 Å². The molecule has 2 N–H and O–H groups in total. The molecule has 0 amide bonds. The fraction of sp³-hybridized carbons (Fsp3) is 0.500. The first-order valence-corrected chi connectivity index (χ1v) is 8.13. The summed E-state index contributed by atoms with van der Waals surface area (Å²) in [5.74, 6) is 0.445. The number of hydrogen-bond acceptors (Lipinski definition) is 5. The van der Waals surface area contributed by atoms with Crippen molar-refractivity contribution in [3.05, 3.63) is 29.3 Å². The summed E-state index contributed by atoms with van der Waals surface area (Å²) in [5.41, 5.74) is -0.166. The highest BCUT2D eigenvalue weighted by atomic mass is 32.2. The van der Waals surface area contributed by atoms with Crippen molar-refractivity contribution in [3.63, 3.8) is 0 Å². The summed E-state index contributed by atoms with van der Waals surface area (Å²) >= 11 is 0. The summed E-state index contributed by atoms with van der Waals surface area (Å²) in [4.78, 5) is 0. The van der Waals surface area contributed by atoms with Crippen molar-refractivity contribution in [1.82, 2.24) is 9.03 Å². The quantitative estimate of drug-likeness (QED) is 0.844. The van der Waals surface area contributed by atoms with Crippen LogP contribution in [0.2, 0.25) is 0 Å². The van der Waals surface area contributed by atoms with Gasteiger partial charge in [-0.2, -0.15) is 22.7 Å². The predicted octanol–water partition coefficient (Wildman–Crippen LogP) is 0.527. The molecular formula is C14H19N3O4S. The lowest BCUT2D eigenvalue weighted by molar-refractivity contribution is -0.0604. The molecule has 7 nitrogen and oxygen atoms in total. The molecule has 0 aliphatic carbocycles. The Labute approximate surface area is 130 Å². The highest BCUT2D eigenvalue weighted by Gasteiger charge is 2.44. The molecule has 22 heavy (non-hydrogen) atoms. The van der Waals surface area contributed by atoms with Crippen molar-refractivity contribution in [3.8, 4) is 11.8 Å². The fourth-order valence-corrected chi connectivity index (χ4v) is 3.05. The smallest absolute Gasteiger partial charge is 0.279 e. The Kier molecular flexibility index (Phi) is 4.19. The summed E-state index contributed by atoms with van der Waals surface area (Å²) in [6, 6.07) is 5.81. The Hall–Kier alpha value is -1.66. The molecule has 0 fully saturated rings. The third kappa shape index (κ3) is 2.94. The van der Waals surface area contributed by atoms with Crippen LogP contribution in [-0.2, 0) is 10.2 Å². The maximum Gasteiger partial charge on any atom is 0.279 e. The average Bonchev–Trinajstić information content (AvgIpc) is 2.43. The fourth-order valence-electron chi connectivity index (χ4n) is 2.26. The van der Waals surface area contributed by atoms with Crippen LogP contribution in [0.4, 0.5) is 0 Å². The second-order valence-corrected chi connectivity index (χ2v) is 7.81. The largest absolute Gasteiger partial charge is 0.485 e.